The summed E-state index contributed by atoms with van der Waals surface area (Å²) in [5, 5.41) is 0.801. The predicted molar refractivity (Wildman–Crippen MR) is 101 cm³/mol. The predicted octanol–water partition coefficient (Wildman–Crippen LogP) is 2.88. The van der Waals surface area contributed by atoms with Crippen molar-refractivity contribution in [3.05, 3.63) is 64.7 Å². The van der Waals surface area contributed by atoms with E-state index in [4.69, 9.17) is 4.74 Å². The van der Waals surface area contributed by atoms with Gasteiger partial charge in [0.15, 0.2) is 16.7 Å². The van der Waals surface area contributed by atoms with E-state index in [1.165, 1.54) is 29.5 Å². The van der Waals surface area contributed by atoms with Crippen LogP contribution in [0.5, 0.6) is 5.75 Å². The van der Waals surface area contributed by atoms with Gasteiger partial charge in [0.1, 0.15) is 6.54 Å². The van der Waals surface area contributed by atoms with Crippen LogP contribution in [0, 0.1) is 5.82 Å². The van der Waals surface area contributed by atoms with Crippen molar-refractivity contribution in [1.29, 1.82) is 0 Å². The molecule has 0 spiro atoms. The standard InChI is InChI=1S/C19H17FN2O4S/c1-25-17(23)12-22-18(24)13-6-2-4-8-15(13)21-19(22)27-11-10-26-16-9-5-3-7-14(16)20/h2-9H,10-12H2,1H3. The minimum Gasteiger partial charge on any atom is -0.490 e. The molecule has 0 amide bonds. The Balaban J connectivity index is 1.79. The fourth-order valence-electron chi connectivity index (χ4n) is 2.44. The summed E-state index contributed by atoms with van der Waals surface area (Å²) < 4.78 is 24.9. The van der Waals surface area contributed by atoms with E-state index >= 15 is 0 Å². The van der Waals surface area contributed by atoms with E-state index in [2.05, 4.69) is 9.72 Å². The molecule has 0 radical (unpaired) electrons. The van der Waals surface area contributed by atoms with E-state index in [9.17, 15) is 14.0 Å². The molecule has 0 atom stereocenters. The number of rotatable bonds is 7. The maximum absolute atomic E-state index is 13.6. The third-order valence-electron chi connectivity index (χ3n) is 3.75. The number of aromatic nitrogens is 2. The normalized spacial score (nSPS) is 10.7. The Bertz CT molecular complexity index is 1020. The molecule has 1 aromatic heterocycles. The first-order chi connectivity index (χ1) is 13.1. The number of thioether (sulfide) groups is 1. The quantitative estimate of drug-likeness (QED) is 0.268. The van der Waals surface area contributed by atoms with Crippen LogP contribution in [0.25, 0.3) is 10.9 Å². The number of fused-ring (bicyclic) bond motifs is 1. The molecule has 3 rings (SSSR count). The lowest BCUT2D eigenvalue weighted by molar-refractivity contribution is -0.141. The molecule has 3 aromatic rings. The first-order valence-corrected chi connectivity index (χ1v) is 9.15. The van der Waals surface area contributed by atoms with Gasteiger partial charge < -0.3 is 9.47 Å². The fraction of sp³-hybridized carbons (Fsp3) is 0.211. The first kappa shape index (κ1) is 18.9. The highest BCUT2D eigenvalue weighted by molar-refractivity contribution is 7.99. The largest absolute Gasteiger partial charge is 0.490 e. The minimum absolute atomic E-state index is 0.163. The summed E-state index contributed by atoms with van der Waals surface area (Å²) in [6, 6.07) is 13.1. The number of benzene rings is 2. The molecule has 0 fully saturated rings. The molecule has 6 nitrogen and oxygen atoms in total. The zero-order valence-electron chi connectivity index (χ0n) is 14.6. The van der Waals surface area contributed by atoms with Gasteiger partial charge in [-0.3, -0.25) is 14.2 Å². The molecule has 27 heavy (non-hydrogen) atoms. The smallest absolute Gasteiger partial charge is 0.325 e. The van der Waals surface area contributed by atoms with Crippen LogP contribution in [0.3, 0.4) is 0 Å². The van der Waals surface area contributed by atoms with Gasteiger partial charge in [-0.2, -0.15) is 0 Å². The molecule has 0 aliphatic heterocycles. The second-order valence-electron chi connectivity index (χ2n) is 5.51. The van der Waals surface area contributed by atoms with Crippen molar-refractivity contribution >= 4 is 28.6 Å². The summed E-state index contributed by atoms with van der Waals surface area (Å²) in [5.74, 6) is -0.399. The number of esters is 1. The Morgan fingerprint density at radius 1 is 1.19 bits per heavy atom. The lowest BCUT2D eigenvalue weighted by Crippen LogP contribution is -2.27. The number of carbonyl (C=O) groups excluding carboxylic acids is 1. The molecule has 0 saturated heterocycles. The number of para-hydroxylation sites is 2. The van der Waals surface area contributed by atoms with E-state index in [-0.39, 0.29) is 24.5 Å². The number of methoxy groups -OCH3 is 1. The SMILES string of the molecule is COC(=O)Cn1c(SCCOc2ccccc2F)nc2ccccc2c1=O. The van der Waals surface area contributed by atoms with Crippen molar-refractivity contribution in [2.75, 3.05) is 19.5 Å². The fourth-order valence-corrected chi connectivity index (χ4v) is 3.25. The van der Waals surface area contributed by atoms with Gasteiger partial charge in [0, 0.05) is 5.75 Å². The monoisotopic (exact) mass is 388 g/mol. The van der Waals surface area contributed by atoms with Crippen LogP contribution < -0.4 is 10.3 Å². The average Bonchev–Trinajstić information content (AvgIpc) is 2.69. The highest BCUT2D eigenvalue weighted by Crippen LogP contribution is 2.19. The topological polar surface area (TPSA) is 70.4 Å². The van der Waals surface area contributed by atoms with Gasteiger partial charge in [-0.05, 0) is 24.3 Å². The molecule has 0 aliphatic carbocycles. The van der Waals surface area contributed by atoms with Gasteiger partial charge in [-0.25, -0.2) is 9.37 Å². The van der Waals surface area contributed by atoms with Gasteiger partial charge in [0.05, 0.1) is 24.6 Å². The Labute approximate surface area is 158 Å². The summed E-state index contributed by atoms with van der Waals surface area (Å²) in [6.07, 6.45) is 0. The van der Waals surface area contributed by atoms with Crippen LogP contribution >= 0.6 is 11.8 Å². The lowest BCUT2D eigenvalue weighted by atomic mass is 10.2. The van der Waals surface area contributed by atoms with E-state index < -0.39 is 11.8 Å². The molecule has 140 valence electrons. The number of hydrogen-bond acceptors (Lipinski definition) is 6. The highest BCUT2D eigenvalue weighted by Gasteiger charge is 2.14. The molecule has 1 heterocycles. The number of hydrogen-bond donors (Lipinski definition) is 0. The molecule has 0 unspecified atom stereocenters. The zero-order chi connectivity index (χ0) is 19.2. The van der Waals surface area contributed by atoms with E-state index in [1.54, 1.807) is 42.5 Å². The molecule has 0 saturated carbocycles. The van der Waals surface area contributed by atoms with Gasteiger partial charge in [-0.1, -0.05) is 36.0 Å². The maximum atomic E-state index is 13.6. The summed E-state index contributed by atoms with van der Waals surface area (Å²) in [5.41, 5.74) is 0.227. The van der Waals surface area contributed by atoms with E-state index in [0.717, 1.165) is 0 Å². The highest BCUT2D eigenvalue weighted by atomic mass is 32.2. The zero-order valence-corrected chi connectivity index (χ0v) is 15.4. The molecule has 0 aliphatic rings. The average molecular weight is 388 g/mol. The second kappa shape index (κ2) is 8.68. The maximum Gasteiger partial charge on any atom is 0.325 e. The van der Waals surface area contributed by atoms with Crippen LogP contribution in [0.4, 0.5) is 4.39 Å². The lowest BCUT2D eigenvalue weighted by Gasteiger charge is -2.12. The van der Waals surface area contributed by atoms with Crippen molar-refractivity contribution in [1.82, 2.24) is 9.55 Å². The Morgan fingerprint density at radius 2 is 1.93 bits per heavy atom. The van der Waals surface area contributed by atoms with Crippen molar-refractivity contribution in [3.63, 3.8) is 0 Å². The number of ether oxygens (including phenoxy) is 2. The van der Waals surface area contributed by atoms with Crippen LogP contribution in [0.2, 0.25) is 0 Å². The van der Waals surface area contributed by atoms with Gasteiger partial charge in [0.2, 0.25) is 0 Å². The Hall–Kier alpha value is -2.87. The second-order valence-corrected chi connectivity index (χ2v) is 6.57. The van der Waals surface area contributed by atoms with Gasteiger partial charge >= 0.3 is 5.97 Å². The molecule has 0 bridgehead atoms. The molecular formula is C19H17FN2O4S. The molecule has 2 aromatic carbocycles. The van der Waals surface area contributed by atoms with Crippen LogP contribution in [0.1, 0.15) is 0 Å². The van der Waals surface area contributed by atoms with E-state index in [1.807, 2.05) is 0 Å². The van der Waals surface area contributed by atoms with Crippen molar-refractivity contribution < 1.29 is 18.7 Å². The summed E-state index contributed by atoms with van der Waals surface area (Å²) in [4.78, 5) is 28.9. The van der Waals surface area contributed by atoms with E-state index in [0.29, 0.717) is 21.8 Å². The molecule has 0 N–H and O–H groups in total. The van der Waals surface area contributed by atoms with Crippen LogP contribution in [-0.4, -0.2) is 35.0 Å². The number of carbonyl (C=O) groups is 1. The Kier molecular flexibility index (Phi) is 6.08. The summed E-state index contributed by atoms with van der Waals surface area (Å²) in [6.45, 7) is -0.0177. The van der Waals surface area contributed by atoms with Gasteiger partial charge in [0.25, 0.3) is 5.56 Å². The molecular weight excluding hydrogens is 371 g/mol. The third-order valence-corrected chi connectivity index (χ3v) is 4.69. The van der Waals surface area contributed by atoms with Crippen molar-refractivity contribution in [2.24, 2.45) is 0 Å². The third kappa shape index (κ3) is 4.46. The van der Waals surface area contributed by atoms with Crippen molar-refractivity contribution in [2.45, 2.75) is 11.7 Å². The van der Waals surface area contributed by atoms with Crippen molar-refractivity contribution in [3.8, 4) is 5.75 Å². The summed E-state index contributed by atoms with van der Waals surface area (Å²) >= 11 is 1.25. The number of nitrogens with zero attached hydrogens (tertiary/aromatic N) is 2. The van der Waals surface area contributed by atoms with Gasteiger partial charge in [-0.15, -0.1) is 0 Å². The molecule has 8 heteroatoms. The Morgan fingerprint density at radius 3 is 2.70 bits per heavy atom. The van der Waals surface area contributed by atoms with Crippen LogP contribution in [-0.2, 0) is 16.1 Å². The first-order valence-electron chi connectivity index (χ1n) is 8.16. The number of halogens is 1. The van der Waals surface area contributed by atoms with Crippen LogP contribution in [0.15, 0.2) is 58.5 Å². The summed E-state index contributed by atoms with van der Waals surface area (Å²) in [7, 11) is 1.26. The minimum atomic E-state index is -0.543.